The predicted octanol–water partition coefficient (Wildman–Crippen LogP) is 3.25. The summed E-state index contributed by atoms with van der Waals surface area (Å²) in [5.74, 6) is -0.462. The molecule has 2 atom stereocenters. The largest absolute Gasteiger partial charge is 0.462 e. The second-order valence-corrected chi connectivity index (χ2v) is 6.49. The third-order valence-electron chi connectivity index (χ3n) is 3.21. The highest BCUT2D eigenvalue weighted by atomic mass is 35.5. The van der Waals surface area contributed by atoms with Crippen molar-refractivity contribution in [2.24, 2.45) is 0 Å². The minimum Gasteiger partial charge on any atom is -0.462 e. The highest BCUT2D eigenvalue weighted by Crippen LogP contribution is 2.32. The molecular weight excluding hydrogens is 331 g/mol. The molecule has 0 saturated carbocycles. The lowest BCUT2D eigenvalue weighted by Gasteiger charge is -2.02. The first-order valence-electron chi connectivity index (χ1n) is 6.65. The summed E-state index contributed by atoms with van der Waals surface area (Å²) in [7, 11) is 0. The van der Waals surface area contributed by atoms with Crippen molar-refractivity contribution in [1.29, 1.82) is 0 Å². The Morgan fingerprint density at radius 2 is 2.27 bits per heavy atom. The van der Waals surface area contributed by atoms with Crippen LogP contribution < -0.4 is 0 Å². The lowest BCUT2D eigenvalue weighted by molar-refractivity contribution is -0.140. The SMILES string of the molecule is C[C@@H]1C[C@@H](Sc2nnc(Cc3c(F)cccc3Cl)o2)C(=O)O1. The second kappa shape index (κ2) is 6.26. The van der Waals surface area contributed by atoms with Crippen molar-refractivity contribution >= 4 is 29.3 Å². The minimum absolute atomic E-state index is 0.102. The van der Waals surface area contributed by atoms with Crippen LogP contribution >= 0.6 is 23.4 Å². The Morgan fingerprint density at radius 3 is 2.95 bits per heavy atom. The number of nitrogens with zero attached hydrogens (tertiary/aromatic N) is 2. The van der Waals surface area contributed by atoms with Gasteiger partial charge in [0.05, 0.1) is 6.42 Å². The molecule has 1 aromatic heterocycles. The number of ether oxygens (including phenoxy) is 1. The number of hydrogen-bond acceptors (Lipinski definition) is 6. The van der Waals surface area contributed by atoms with Crippen LogP contribution in [0.2, 0.25) is 5.02 Å². The summed E-state index contributed by atoms with van der Waals surface area (Å²) in [6.45, 7) is 1.83. The van der Waals surface area contributed by atoms with Crippen LogP contribution in [0, 0.1) is 5.82 Å². The molecule has 2 aromatic rings. The van der Waals surface area contributed by atoms with E-state index in [9.17, 15) is 9.18 Å². The summed E-state index contributed by atoms with van der Waals surface area (Å²) in [6.07, 6.45) is 0.593. The fourth-order valence-corrected chi connectivity index (χ4v) is 3.37. The number of cyclic esters (lactones) is 1. The van der Waals surface area contributed by atoms with Crippen molar-refractivity contribution in [2.45, 2.75) is 36.3 Å². The van der Waals surface area contributed by atoms with E-state index in [4.69, 9.17) is 20.8 Å². The Bertz CT molecular complexity index is 689. The van der Waals surface area contributed by atoms with Crippen molar-refractivity contribution in [3.05, 3.63) is 40.5 Å². The van der Waals surface area contributed by atoms with Gasteiger partial charge in [0.25, 0.3) is 5.22 Å². The maximum Gasteiger partial charge on any atom is 0.320 e. The fraction of sp³-hybridized carbons (Fsp3) is 0.357. The highest BCUT2D eigenvalue weighted by molar-refractivity contribution is 8.00. The average molecular weight is 343 g/mol. The summed E-state index contributed by atoms with van der Waals surface area (Å²) in [4.78, 5) is 11.6. The molecule has 0 unspecified atom stereocenters. The van der Waals surface area contributed by atoms with Gasteiger partial charge in [0.1, 0.15) is 17.2 Å². The zero-order valence-corrected chi connectivity index (χ0v) is 13.2. The molecule has 0 aliphatic carbocycles. The summed E-state index contributed by atoms with van der Waals surface area (Å²) < 4.78 is 24.2. The predicted molar refractivity (Wildman–Crippen MR) is 78.3 cm³/mol. The van der Waals surface area contributed by atoms with Crippen molar-refractivity contribution in [3.63, 3.8) is 0 Å². The Labute approximate surface area is 135 Å². The molecule has 0 N–H and O–H groups in total. The zero-order chi connectivity index (χ0) is 15.7. The van der Waals surface area contributed by atoms with E-state index in [0.29, 0.717) is 17.0 Å². The van der Waals surface area contributed by atoms with Gasteiger partial charge in [-0.05, 0) is 30.8 Å². The van der Waals surface area contributed by atoms with Crippen LogP contribution in [0.15, 0.2) is 27.8 Å². The molecule has 1 aliphatic rings. The number of thioether (sulfide) groups is 1. The molecule has 8 heteroatoms. The monoisotopic (exact) mass is 342 g/mol. The standard InChI is InChI=1S/C14H12ClFN2O3S/c1-7-5-11(13(19)20-7)22-14-18-17-12(21-14)6-8-9(15)3-2-4-10(8)16/h2-4,7,11H,5-6H2,1H3/t7-,11-/m1/s1. The van der Waals surface area contributed by atoms with E-state index in [2.05, 4.69) is 10.2 Å². The molecule has 2 heterocycles. The number of hydrogen-bond donors (Lipinski definition) is 0. The van der Waals surface area contributed by atoms with Crippen LogP contribution in [0.4, 0.5) is 4.39 Å². The van der Waals surface area contributed by atoms with Crippen LogP contribution in [0.5, 0.6) is 0 Å². The Morgan fingerprint density at radius 1 is 1.45 bits per heavy atom. The number of carbonyl (C=O) groups is 1. The van der Waals surface area contributed by atoms with Gasteiger partial charge in [-0.3, -0.25) is 4.79 Å². The van der Waals surface area contributed by atoms with Gasteiger partial charge in [0.2, 0.25) is 5.89 Å². The molecule has 116 valence electrons. The third kappa shape index (κ3) is 3.25. The van der Waals surface area contributed by atoms with Crippen molar-refractivity contribution in [1.82, 2.24) is 10.2 Å². The molecule has 1 fully saturated rings. The van der Waals surface area contributed by atoms with Crippen LogP contribution in [-0.4, -0.2) is 27.5 Å². The number of aromatic nitrogens is 2. The molecule has 5 nitrogen and oxygen atoms in total. The lowest BCUT2D eigenvalue weighted by atomic mass is 10.1. The number of rotatable bonds is 4. The topological polar surface area (TPSA) is 65.2 Å². The van der Waals surface area contributed by atoms with Gasteiger partial charge in [-0.25, -0.2) is 4.39 Å². The summed E-state index contributed by atoms with van der Waals surface area (Å²) in [6, 6.07) is 4.45. The van der Waals surface area contributed by atoms with Gasteiger partial charge in [0.15, 0.2) is 0 Å². The zero-order valence-electron chi connectivity index (χ0n) is 11.6. The maximum atomic E-state index is 13.7. The van der Waals surface area contributed by atoms with Crippen molar-refractivity contribution < 1.29 is 18.3 Å². The first kappa shape index (κ1) is 15.3. The van der Waals surface area contributed by atoms with E-state index in [1.165, 1.54) is 12.1 Å². The van der Waals surface area contributed by atoms with Crippen molar-refractivity contribution in [3.8, 4) is 0 Å². The molecule has 0 bridgehead atoms. The molecule has 1 aromatic carbocycles. The van der Waals surface area contributed by atoms with Crippen LogP contribution in [-0.2, 0) is 16.0 Å². The van der Waals surface area contributed by atoms with E-state index in [0.717, 1.165) is 11.8 Å². The minimum atomic E-state index is -0.423. The molecule has 0 radical (unpaired) electrons. The number of esters is 1. The lowest BCUT2D eigenvalue weighted by Crippen LogP contribution is -2.09. The molecular formula is C14H12ClFN2O3S. The van der Waals surface area contributed by atoms with Gasteiger partial charge >= 0.3 is 5.97 Å². The summed E-state index contributed by atoms with van der Waals surface area (Å²) >= 11 is 7.12. The Balaban J connectivity index is 1.70. The average Bonchev–Trinajstić information content (AvgIpc) is 3.02. The van der Waals surface area contributed by atoms with Gasteiger partial charge in [-0.15, -0.1) is 10.2 Å². The smallest absolute Gasteiger partial charge is 0.320 e. The van der Waals surface area contributed by atoms with E-state index in [1.807, 2.05) is 6.92 Å². The molecule has 3 rings (SSSR count). The van der Waals surface area contributed by atoms with Crippen LogP contribution in [0.3, 0.4) is 0 Å². The summed E-state index contributed by atoms with van der Waals surface area (Å²) in [5, 5.41) is 7.95. The number of benzene rings is 1. The van der Waals surface area contributed by atoms with E-state index in [-0.39, 0.29) is 34.9 Å². The molecule has 0 amide bonds. The Kier molecular flexibility index (Phi) is 4.35. The van der Waals surface area contributed by atoms with Gasteiger partial charge in [0, 0.05) is 17.0 Å². The first-order valence-corrected chi connectivity index (χ1v) is 7.91. The number of halogens is 2. The summed E-state index contributed by atoms with van der Waals surface area (Å²) in [5.41, 5.74) is 0.304. The highest BCUT2D eigenvalue weighted by Gasteiger charge is 2.34. The van der Waals surface area contributed by atoms with E-state index in [1.54, 1.807) is 6.07 Å². The van der Waals surface area contributed by atoms with E-state index >= 15 is 0 Å². The quantitative estimate of drug-likeness (QED) is 0.795. The third-order valence-corrected chi connectivity index (χ3v) is 4.60. The van der Waals surface area contributed by atoms with E-state index < -0.39 is 5.82 Å². The molecule has 0 spiro atoms. The molecule has 22 heavy (non-hydrogen) atoms. The maximum absolute atomic E-state index is 13.7. The van der Waals surface area contributed by atoms with Crippen LogP contribution in [0.25, 0.3) is 0 Å². The number of carbonyl (C=O) groups excluding carboxylic acids is 1. The second-order valence-electron chi connectivity index (χ2n) is 4.93. The fourth-order valence-electron chi connectivity index (χ4n) is 2.15. The molecule has 1 saturated heterocycles. The first-order chi connectivity index (χ1) is 10.5. The van der Waals surface area contributed by atoms with Gasteiger partial charge in [-0.1, -0.05) is 17.7 Å². The van der Waals surface area contributed by atoms with Gasteiger partial charge < -0.3 is 9.15 Å². The van der Waals surface area contributed by atoms with Gasteiger partial charge in [-0.2, -0.15) is 0 Å². The van der Waals surface area contributed by atoms with Crippen molar-refractivity contribution in [2.75, 3.05) is 0 Å². The molecule has 1 aliphatic heterocycles. The normalized spacial score (nSPS) is 21.1. The Hall–Kier alpha value is -1.60. The van der Waals surface area contributed by atoms with Crippen LogP contribution in [0.1, 0.15) is 24.8 Å².